The van der Waals surface area contributed by atoms with Crippen LogP contribution in [0.15, 0.2) is 0 Å². The average Bonchev–Trinajstić information content (AvgIpc) is 2.68. The molecular weight excluding hydrogens is 330 g/mol. The van der Waals surface area contributed by atoms with Crippen molar-refractivity contribution in [2.24, 2.45) is 5.92 Å². The second-order valence-electron chi connectivity index (χ2n) is 8.14. The van der Waals surface area contributed by atoms with E-state index in [0.717, 1.165) is 78.0 Å². The lowest BCUT2D eigenvalue weighted by atomic mass is 9.92. The molecule has 0 radical (unpaired) electrons. The monoisotopic (exact) mass is 365 g/mol. The van der Waals surface area contributed by atoms with Gasteiger partial charge in [0.1, 0.15) is 0 Å². The van der Waals surface area contributed by atoms with Crippen LogP contribution < -0.4 is 5.32 Å². The zero-order chi connectivity index (χ0) is 18.5. The first-order chi connectivity index (χ1) is 12.6. The van der Waals surface area contributed by atoms with Gasteiger partial charge in [-0.2, -0.15) is 0 Å². The first-order valence-corrected chi connectivity index (χ1v) is 10.2. The topological polar surface area (TPSA) is 59.1 Å². The van der Waals surface area contributed by atoms with Crippen LogP contribution in [0.5, 0.6) is 0 Å². The fourth-order valence-electron chi connectivity index (χ4n) is 4.55. The van der Waals surface area contributed by atoms with Gasteiger partial charge in [-0.15, -0.1) is 0 Å². The van der Waals surface area contributed by atoms with E-state index in [-0.39, 0.29) is 11.8 Å². The Hall–Kier alpha value is -1.18. The second-order valence-corrected chi connectivity index (χ2v) is 8.14. The molecule has 0 aromatic carbocycles. The smallest absolute Gasteiger partial charge is 0.233 e. The maximum atomic E-state index is 12.9. The SMILES string of the molecule is CNC(=O)CN1CCC(N2CCCC(C(=O)N3CCN(C)CC3)C2)CC1. The molecule has 3 rings (SSSR count). The summed E-state index contributed by atoms with van der Waals surface area (Å²) >= 11 is 0. The molecule has 2 amide bonds. The summed E-state index contributed by atoms with van der Waals surface area (Å²) in [5.74, 6) is 0.648. The molecule has 0 aromatic heterocycles. The van der Waals surface area contributed by atoms with Crippen LogP contribution in [-0.4, -0.2) is 110 Å². The van der Waals surface area contributed by atoms with Crippen molar-refractivity contribution in [1.29, 1.82) is 0 Å². The van der Waals surface area contributed by atoms with Crippen LogP contribution in [-0.2, 0) is 9.59 Å². The Morgan fingerprint density at radius 3 is 2.31 bits per heavy atom. The van der Waals surface area contributed by atoms with Gasteiger partial charge in [-0.3, -0.25) is 19.4 Å². The molecule has 0 spiro atoms. The van der Waals surface area contributed by atoms with Crippen LogP contribution in [0.1, 0.15) is 25.7 Å². The first kappa shape index (κ1) is 19.6. The number of rotatable bonds is 4. The predicted molar refractivity (Wildman–Crippen MR) is 102 cm³/mol. The number of likely N-dealkylation sites (tertiary alicyclic amines) is 2. The van der Waals surface area contributed by atoms with E-state index in [1.165, 1.54) is 0 Å². The molecule has 0 aliphatic carbocycles. The minimum atomic E-state index is 0.0965. The summed E-state index contributed by atoms with van der Waals surface area (Å²) in [5.41, 5.74) is 0. The van der Waals surface area contributed by atoms with Crippen LogP contribution >= 0.6 is 0 Å². The van der Waals surface area contributed by atoms with E-state index in [4.69, 9.17) is 0 Å². The lowest BCUT2D eigenvalue weighted by Gasteiger charge is -2.43. The summed E-state index contributed by atoms with van der Waals surface area (Å²) in [5, 5.41) is 2.70. The summed E-state index contributed by atoms with van der Waals surface area (Å²) in [6.45, 7) is 8.24. The Kier molecular flexibility index (Phi) is 6.89. The Labute approximate surface area is 157 Å². The predicted octanol–water partition coefficient (Wildman–Crippen LogP) is -0.317. The average molecular weight is 366 g/mol. The number of hydrogen-bond donors (Lipinski definition) is 1. The standard InChI is InChI=1S/C19H35N5O2/c1-20-18(25)15-22-8-5-17(6-9-22)24-7-3-4-16(14-24)19(26)23-12-10-21(2)11-13-23/h16-17H,3-15H2,1-2H3,(H,20,25). The molecule has 7 nitrogen and oxygen atoms in total. The van der Waals surface area contributed by atoms with Crippen LogP contribution in [0.4, 0.5) is 0 Å². The molecule has 3 aliphatic rings. The molecule has 1 unspecified atom stereocenters. The van der Waals surface area contributed by atoms with Crippen LogP contribution in [0, 0.1) is 5.92 Å². The Morgan fingerprint density at radius 1 is 0.962 bits per heavy atom. The van der Waals surface area contributed by atoms with Crippen molar-refractivity contribution in [2.75, 3.05) is 73.0 Å². The Morgan fingerprint density at radius 2 is 1.65 bits per heavy atom. The zero-order valence-corrected chi connectivity index (χ0v) is 16.5. The van der Waals surface area contributed by atoms with Gasteiger partial charge in [0.05, 0.1) is 12.5 Å². The van der Waals surface area contributed by atoms with E-state index < -0.39 is 0 Å². The molecular formula is C19H35N5O2. The molecule has 0 bridgehead atoms. The van der Waals surface area contributed by atoms with E-state index in [1.54, 1.807) is 7.05 Å². The van der Waals surface area contributed by atoms with Gasteiger partial charge < -0.3 is 15.1 Å². The minimum Gasteiger partial charge on any atom is -0.358 e. The molecule has 3 heterocycles. The normalized spacial score (nSPS) is 27.5. The van der Waals surface area contributed by atoms with Gasteiger partial charge in [0.15, 0.2) is 0 Å². The number of amides is 2. The van der Waals surface area contributed by atoms with Crippen molar-refractivity contribution in [3.63, 3.8) is 0 Å². The number of nitrogens with one attached hydrogen (secondary N) is 1. The fraction of sp³-hybridized carbons (Fsp3) is 0.895. The number of carbonyl (C=O) groups is 2. The number of nitrogens with zero attached hydrogens (tertiary/aromatic N) is 4. The fourth-order valence-corrected chi connectivity index (χ4v) is 4.55. The van der Waals surface area contributed by atoms with Crippen LogP contribution in [0.2, 0.25) is 0 Å². The highest BCUT2D eigenvalue weighted by Crippen LogP contribution is 2.25. The molecule has 0 aromatic rings. The Balaban J connectivity index is 1.46. The zero-order valence-electron chi connectivity index (χ0n) is 16.5. The summed E-state index contributed by atoms with van der Waals surface area (Å²) in [4.78, 5) is 33.6. The summed E-state index contributed by atoms with van der Waals surface area (Å²) in [7, 11) is 3.82. The van der Waals surface area contributed by atoms with E-state index in [2.05, 4.69) is 32.0 Å². The highest BCUT2D eigenvalue weighted by Gasteiger charge is 2.34. The third kappa shape index (κ3) is 4.96. The van der Waals surface area contributed by atoms with Crippen molar-refractivity contribution >= 4 is 11.8 Å². The van der Waals surface area contributed by atoms with Gasteiger partial charge in [-0.25, -0.2) is 0 Å². The summed E-state index contributed by atoms with van der Waals surface area (Å²) < 4.78 is 0. The number of carbonyl (C=O) groups excluding carboxylic acids is 2. The number of hydrogen-bond acceptors (Lipinski definition) is 5. The van der Waals surface area contributed by atoms with Gasteiger partial charge in [-0.1, -0.05) is 0 Å². The third-order valence-corrected chi connectivity index (χ3v) is 6.34. The third-order valence-electron chi connectivity index (χ3n) is 6.34. The highest BCUT2D eigenvalue weighted by atomic mass is 16.2. The Bertz CT molecular complexity index is 484. The van der Waals surface area contributed by atoms with Gasteiger partial charge >= 0.3 is 0 Å². The summed E-state index contributed by atoms with van der Waals surface area (Å²) in [6, 6.07) is 0.569. The van der Waals surface area contributed by atoms with E-state index >= 15 is 0 Å². The first-order valence-electron chi connectivity index (χ1n) is 10.2. The van der Waals surface area contributed by atoms with Crippen molar-refractivity contribution in [2.45, 2.75) is 31.7 Å². The lowest BCUT2D eigenvalue weighted by Crippen LogP contribution is -2.54. The molecule has 1 N–H and O–H groups in total. The van der Waals surface area contributed by atoms with Gasteiger partial charge in [0.25, 0.3) is 0 Å². The van der Waals surface area contributed by atoms with Crippen molar-refractivity contribution in [3.05, 3.63) is 0 Å². The number of likely N-dealkylation sites (N-methyl/N-ethyl adjacent to an activating group) is 2. The minimum absolute atomic E-state index is 0.0965. The quantitative estimate of drug-likeness (QED) is 0.740. The maximum absolute atomic E-state index is 12.9. The second kappa shape index (κ2) is 9.15. The molecule has 1 atom stereocenters. The molecule has 7 heteroatoms. The van der Waals surface area contributed by atoms with Crippen LogP contribution in [0.3, 0.4) is 0 Å². The van der Waals surface area contributed by atoms with Gasteiger partial charge in [0, 0.05) is 58.9 Å². The van der Waals surface area contributed by atoms with Crippen molar-refractivity contribution in [3.8, 4) is 0 Å². The molecule has 3 aliphatic heterocycles. The molecule has 3 saturated heterocycles. The molecule has 148 valence electrons. The number of piperidine rings is 2. The molecule has 3 fully saturated rings. The maximum Gasteiger partial charge on any atom is 0.233 e. The summed E-state index contributed by atoms with van der Waals surface area (Å²) in [6.07, 6.45) is 4.37. The molecule has 0 saturated carbocycles. The highest BCUT2D eigenvalue weighted by molar-refractivity contribution is 5.79. The van der Waals surface area contributed by atoms with Gasteiger partial charge in [0.2, 0.25) is 11.8 Å². The van der Waals surface area contributed by atoms with Gasteiger partial charge in [-0.05, 0) is 39.3 Å². The van der Waals surface area contributed by atoms with Crippen LogP contribution in [0.25, 0.3) is 0 Å². The van der Waals surface area contributed by atoms with E-state index in [9.17, 15) is 9.59 Å². The van der Waals surface area contributed by atoms with Crippen molar-refractivity contribution in [1.82, 2.24) is 24.9 Å². The van der Waals surface area contributed by atoms with Crippen molar-refractivity contribution < 1.29 is 9.59 Å². The number of piperazine rings is 1. The van der Waals surface area contributed by atoms with E-state index in [0.29, 0.717) is 18.5 Å². The lowest BCUT2D eigenvalue weighted by molar-refractivity contribution is -0.139. The van der Waals surface area contributed by atoms with E-state index in [1.807, 2.05) is 0 Å². The molecule has 26 heavy (non-hydrogen) atoms. The largest absolute Gasteiger partial charge is 0.358 e.